The highest BCUT2D eigenvalue weighted by molar-refractivity contribution is 7.92. The molecular weight excluding hydrogens is 274 g/mol. The molecule has 110 valence electrons. The van der Waals surface area contributed by atoms with Crippen LogP contribution in [0.2, 0.25) is 0 Å². The largest absolute Gasteiger partial charge is 0.375 e. The molecule has 3 rings (SSSR count). The Morgan fingerprint density at radius 1 is 1.20 bits per heavy atom. The molecular formula is C15H21NO3S. The summed E-state index contributed by atoms with van der Waals surface area (Å²) in [6.07, 6.45) is 4.09. The molecule has 0 unspecified atom stereocenters. The van der Waals surface area contributed by atoms with E-state index in [0.717, 1.165) is 36.9 Å². The molecule has 2 aliphatic rings. The molecule has 0 spiro atoms. The lowest BCUT2D eigenvalue weighted by atomic mass is 9.92. The quantitative estimate of drug-likeness (QED) is 0.799. The molecule has 1 heterocycles. The molecule has 5 heteroatoms. The van der Waals surface area contributed by atoms with Crippen LogP contribution in [0.25, 0.3) is 0 Å². The van der Waals surface area contributed by atoms with Gasteiger partial charge >= 0.3 is 0 Å². The predicted octanol–water partition coefficient (Wildman–Crippen LogP) is 2.47. The third-order valence-electron chi connectivity index (χ3n) is 4.29. The highest BCUT2D eigenvalue weighted by Crippen LogP contribution is 2.35. The molecule has 2 atom stereocenters. The molecule has 1 aliphatic carbocycles. The van der Waals surface area contributed by atoms with Gasteiger partial charge in [0.1, 0.15) is 0 Å². The van der Waals surface area contributed by atoms with Gasteiger partial charge in [0.25, 0.3) is 0 Å². The average molecular weight is 295 g/mol. The van der Waals surface area contributed by atoms with Crippen LogP contribution in [0.3, 0.4) is 0 Å². The number of benzene rings is 1. The Hall–Kier alpha value is -1.07. The average Bonchev–Trinajstić information content (AvgIpc) is 2.55. The van der Waals surface area contributed by atoms with Crippen molar-refractivity contribution in [2.24, 2.45) is 0 Å². The van der Waals surface area contributed by atoms with Crippen LogP contribution in [0.5, 0.6) is 0 Å². The Kier molecular flexibility index (Phi) is 3.73. The molecule has 0 bridgehead atoms. The van der Waals surface area contributed by atoms with Gasteiger partial charge in [-0.05, 0) is 31.4 Å². The van der Waals surface area contributed by atoms with Gasteiger partial charge in [-0.3, -0.25) is 4.31 Å². The van der Waals surface area contributed by atoms with Crippen LogP contribution in [-0.4, -0.2) is 32.9 Å². The predicted molar refractivity (Wildman–Crippen MR) is 79.4 cm³/mol. The number of ether oxygens (including phenoxy) is 1. The van der Waals surface area contributed by atoms with Crippen molar-refractivity contribution in [3.63, 3.8) is 0 Å². The van der Waals surface area contributed by atoms with E-state index in [9.17, 15) is 8.42 Å². The van der Waals surface area contributed by atoms with E-state index in [1.54, 1.807) is 4.31 Å². The molecule has 1 aromatic carbocycles. The van der Waals surface area contributed by atoms with Crippen molar-refractivity contribution in [2.45, 2.75) is 44.8 Å². The Balaban J connectivity index is 2.08. The molecule has 1 saturated carbocycles. The van der Waals surface area contributed by atoms with Gasteiger partial charge in [-0.25, -0.2) is 8.42 Å². The third-order valence-corrected chi connectivity index (χ3v) is 6.04. The van der Waals surface area contributed by atoms with Gasteiger partial charge in [0.15, 0.2) is 0 Å². The molecule has 2 fully saturated rings. The molecule has 0 radical (unpaired) electrons. The first kappa shape index (κ1) is 13.9. The van der Waals surface area contributed by atoms with Crippen LogP contribution in [0.1, 0.15) is 31.2 Å². The second kappa shape index (κ2) is 5.37. The summed E-state index contributed by atoms with van der Waals surface area (Å²) in [6, 6.07) is 7.68. The molecule has 1 saturated heterocycles. The number of rotatable bonds is 1. The maximum Gasteiger partial charge on any atom is 0.237 e. The zero-order chi connectivity index (χ0) is 14.2. The fourth-order valence-electron chi connectivity index (χ4n) is 3.29. The van der Waals surface area contributed by atoms with Crippen LogP contribution in [0.15, 0.2) is 24.3 Å². The van der Waals surface area contributed by atoms with Gasteiger partial charge in [0.2, 0.25) is 10.0 Å². The second-order valence-corrected chi connectivity index (χ2v) is 7.62. The van der Waals surface area contributed by atoms with Gasteiger partial charge in [-0.1, -0.05) is 31.0 Å². The fraction of sp³-hybridized carbons (Fsp3) is 0.600. The molecule has 4 nitrogen and oxygen atoms in total. The first-order valence-electron chi connectivity index (χ1n) is 7.29. The Bertz CT molecular complexity index is 585. The molecule has 0 aromatic heterocycles. The first-order valence-corrected chi connectivity index (χ1v) is 8.90. The summed E-state index contributed by atoms with van der Waals surface area (Å²) in [5.41, 5.74) is 1.82. The number of hydrogen-bond donors (Lipinski definition) is 0. The van der Waals surface area contributed by atoms with Gasteiger partial charge in [0.05, 0.1) is 30.2 Å². The monoisotopic (exact) mass is 295 g/mol. The lowest BCUT2D eigenvalue weighted by Gasteiger charge is -2.38. The molecule has 0 N–H and O–H groups in total. The Morgan fingerprint density at radius 3 is 2.75 bits per heavy atom. The van der Waals surface area contributed by atoms with E-state index in [-0.39, 0.29) is 17.9 Å². The summed E-state index contributed by atoms with van der Waals surface area (Å²) < 4.78 is 32.8. The normalized spacial score (nSPS) is 29.6. The number of aryl methyl sites for hydroxylation is 1. The minimum Gasteiger partial charge on any atom is -0.375 e. The van der Waals surface area contributed by atoms with E-state index in [0.29, 0.717) is 6.61 Å². The number of nitrogens with zero attached hydrogens (tertiary/aromatic N) is 1. The smallest absolute Gasteiger partial charge is 0.237 e. The molecule has 20 heavy (non-hydrogen) atoms. The van der Waals surface area contributed by atoms with E-state index in [1.165, 1.54) is 0 Å². The summed E-state index contributed by atoms with van der Waals surface area (Å²) in [5.74, 6) is 0.0777. The third kappa shape index (κ3) is 2.44. The van der Waals surface area contributed by atoms with Crippen molar-refractivity contribution in [3.8, 4) is 0 Å². The van der Waals surface area contributed by atoms with E-state index in [1.807, 2.05) is 31.2 Å². The minimum atomic E-state index is -3.30. The Morgan fingerprint density at radius 2 is 1.95 bits per heavy atom. The van der Waals surface area contributed by atoms with Crippen molar-refractivity contribution in [1.82, 2.24) is 0 Å². The van der Waals surface area contributed by atoms with Gasteiger partial charge in [-0.2, -0.15) is 0 Å². The van der Waals surface area contributed by atoms with Gasteiger partial charge < -0.3 is 4.74 Å². The minimum absolute atomic E-state index is 0.0423. The van der Waals surface area contributed by atoms with Crippen LogP contribution < -0.4 is 4.31 Å². The zero-order valence-electron chi connectivity index (χ0n) is 11.8. The Labute approximate surface area is 120 Å². The van der Waals surface area contributed by atoms with Crippen LogP contribution in [-0.2, 0) is 14.8 Å². The van der Waals surface area contributed by atoms with Crippen molar-refractivity contribution in [2.75, 3.05) is 16.7 Å². The maximum atomic E-state index is 12.7. The van der Waals surface area contributed by atoms with Crippen molar-refractivity contribution in [3.05, 3.63) is 29.8 Å². The van der Waals surface area contributed by atoms with Gasteiger partial charge in [-0.15, -0.1) is 0 Å². The van der Waals surface area contributed by atoms with Crippen LogP contribution in [0.4, 0.5) is 5.69 Å². The van der Waals surface area contributed by atoms with Crippen LogP contribution in [0, 0.1) is 6.92 Å². The van der Waals surface area contributed by atoms with E-state index >= 15 is 0 Å². The highest BCUT2D eigenvalue weighted by atomic mass is 32.2. The van der Waals surface area contributed by atoms with Gasteiger partial charge in [0, 0.05) is 0 Å². The molecule has 1 aliphatic heterocycles. The summed E-state index contributed by atoms with van der Waals surface area (Å²) in [5, 5.41) is 0. The lowest BCUT2D eigenvalue weighted by molar-refractivity contribution is 0.0296. The number of anilines is 1. The molecule has 0 amide bonds. The molecule has 1 aromatic rings. The SMILES string of the molecule is Cc1ccccc1N1[C@H]2CCCC[C@@H]2OCCS1(=O)=O. The maximum absolute atomic E-state index is 12.7. The van der Waals surface area contributed by atoms with Crippen molar-refractivity contribution in [1.29, 1.82) is 0 Å². The van der Waals surface area contributed by atoms with E-state index < -0.39 is 10.0 Å². The highest BCUT2D eigenvalue weighted by Gasteiger charge is 2.40. The van der Waals surface area contributed by atoms with Crippen LogP contribution >= 0.6 is 0 Å². The topological polar surface area (TPSA) is 46.6 Å². The first-order chi connectivity index (χ1) is 9.59. The number of para-hydroxylation sites is 1. The number of sulfonamides is 1. The van der Waals surface area contributed by atoms with E-state index in [2.05, 4.69) is 0 Å². The standard InChI is InChI=1S/C15H21NO3S/c1-12-6-2-3-7-13(12)16-14-8-4-5-9-15(14)19-10-11-20(16,17)18/h2-3,6-7,14-15H,4-5,8-11H2,1H3/t14-,15-/m0/s1. The van der Waals surface area contributed by atoms with Crippen molar-refractivity contribution >= 4 is 15.7 Å². The second-order valence-electron chi connectivity index (χ2n) is 5.66. The number of fused-ring (bicyclic) bond motifs is 1. The number of hydrogen-bond acceptors (Lipinski definition) is 3. The zero-order valence-corrected chi connectivity index (χ0v) is 12.6. The summed E-state index contributed by atoms with van der Waals surface area (Å²) >= 11 is 0. The lowest BCUT2D eigenvalue weighted by Crippen LogP contribution is -2.48. The summed E-state index contributed by atoms with van der Waals surface area (Å²) in [4.78, 5) is 0. The summed E-state index contributed by atoms with van der Waals surface area (Å²) in [7, 11) is -3.30. The van der Waals surface area contributed by atoms with E-state index in [4.69, 9.17) is 4.74 Å². The van der Waals surface area contributed by atoms with Crippen molar-refractivity contribution < 1.29 is 13.2 Å². The fourth-order valence-corrected chi connectivity index (χ4v) is 4.95. The summed E-state index contributed by atoms with van der Waals surface area (Å²) in [6.45, 7) is 2.28.